The fourth-order valence-electron chi connectivity index (χ4n) is 3.67. The van der Waals surface area contributed by atoms with E-state index in [1.54, 1.807) is 4.90 Å². The van der Waals surface area contributed by atoms with E-state index in [0.717, 1.165) is 38.3 Å². The van der Waals surface area contributed by atoms with Crippen LogP contribution in [0.3, 0.4) is 0 Å². The van der Waals surface area contributed by atoms with Gasteiger partial charge >= 0.3 is 0 Å². The van der Waals surface area contributed by atoms with Crippen LogP contribution in [0.1, 0.15) is 24.5 Å². The van der Waals surface area contributed by atoms with Crippen molar-refractivity contribution in [2.24, 2.45) is 0 Å². The molecule has 0 aromatic heterocycles. The van der Waals surface area contributed by atoms with Gasteiger partial charge in [0.1, 0.15) is 26.2 Å². The summed E-state index contributed by atoms with van der Waals surface area (Å²) in [4.78, 5) is 29.4. The van der Waals surface area contributed by atoms with Crippen LogP contribution >= 0.6 is 0 Å². The number of imide groups is 1. The van der Waals surface area contributed by atoms with Gasteiger partial charge in [0.2, 0.25) is 5.91 Å². The molecule has 1 aromatic carbocycles. The van der Waals surface area contributed by atoms with Gasteiger partial charge in [0.25, 0.3) is 5.91 Å². The third kappa shape index (κ3) is 3.46. The second-order valence-corrected chi connectivity index (χ2v) is 6.82. The summed E-state index contributed by atoms with van der Waals surface area (Å²) >= 11 is 0. The summed E-state index contributed by atoms with van der Waals surface area (Å²) in [6.45, 7) is 9.97. The molecule has 0 saturated carbocycles. The van der Waals surface area contributed by atoms with Gasteiger partial charge in [-0.15, -0.1) is 0 Å². The molecule has 2 aliphatic rings. The number of nitrogens with zero attached hydrogens (tertiary/aromatic N) is 1. The molecular weight excluding hydrogens is 290 g/mol. The van der Waals surface area contributed by atoms with Crippen LogP contribution in [0.2, 0.25) is 0 Å². The monoisotopic (exact) mass is 317 g/mol. The Bertz CT molecular complexity index is 576. The number of rotatable bonds is 4. The molecule has 2 N–H and O–H groups in total. The molecule has 0 spiro atoms. The predicted octanol–water partition coefficient (Wildman–Crippen LogP) is -1.57. The Morgan fingerprint density at radius 2 is 1.74 bits per heavy atom. The zero-order chi connectivity index (χ0) is 16.4. The Morgan fingerprint density at radius 1 is 1.09 bits per heavy atom. The summed E-state index contributed by atoms with van der Waals surface area (Å²) in [7, 11) is 0. The maximum Gasteiger partial charge on any atom is 0.288 e. The molecule has 0 aliphatic carbocycles. The minimum atomic E-state index is -0.161. The minimum Gasteiger partial charge on any atom is -0.326 e. The van der Waals surface area contributed by atoms with Crippen LogP contribution in [0.25, 0.3) is 0 Å². The van der Waals surface area contributed by atoms with E-state index in [-0.39, 0.29) is 17.9 Å². The van der Waals surface area contributed by atoms with Crippen LogP contribution in [0, 0.1) is 6.92 Å². The normalized spacial score (nSPS) is 28.4. The van der Waals surface area contributed by atoms with Crippen molar-refractivity contribution < 1.29 is 19.4 Å². The first kappa shape index (κ1) is 16.1. The van der Waals surface area contributed by atoms with Gasteiger partial charge in [-0.05, 0) is 19.4 Å². The lowest BCUT2D eigenvalue weighted by Gasteiger charge is -2.31. The van der Waals surface area contributed by atoms with Gasteiger partial charge in [0, 0.05) is 0 Å². The molecule has 0 radical (unpaired) electrons. The number of piperazine rings is 1. The zero-order valence-corrected chi connectivity index (χ0v) is 14.1. The molecule has 2 heterocycles. The highest BCUT2D eigenvalue weighted by Crippen LogP contribution is 2.15. The molecule has 23 heavy (non-hydrogen) atoms. The van der Waals surface area contributed by atoms with Gasteiger partial charge in [0.15, 0.2) is 6.04 Å². The number of aryl methyl sites for hydroxylation is 1. The highest BCUT2D eigenvalue weighted by molar-refractivity contribution is 6.04. The average molecular weight is 317 g/mol. The van der Waals surface area contributed by atoms with Crippen LogP contribution in [0.15, 0.2) is 24.3 Å². The number of carbonyl (C=O) groups is 2. The SMILES string of the molecule is CC[NH+]1CC[NH+]([C@@H]2CC(=O)N(Cc3ccc(C)cc3)C2=O)CC1. The molecule has 1 aromatic rings. The number of benzene rings is 1. The Morgan fingerprint density at radius 3 is 2.35 bits per heavy atom. The van der Waals surface area contributed by atoms with E-state index in [0.29, 0.717) is 13.0 Å². The second-order valence-electron chi connectivity index (χ2n) is 6.82. The van der Waals surface area contributed by atoms with Crippen molar-refractivity contribution in [1.29, 1.82) is 0 Å². The Hall–Kier alpha value is -1.72. The number of quaternary nitrogens is 2. The van der Waals surface area contributed by atoms with Gasteiger partial charge in [0.05, 0.1) is 19.5 Å². The van der Waals surface area contributed by atoms with E-state index in [2.05, 4.69) is 6.92 Å². The average Bonchev–Trinajstić information content (AvgIpc) is 2.85. The standard InChI is InChI=1S/C18H25N3O2/c1-3-19-8-10-20(11-9-19)16-12-17(22)21(18(16)23)13-15-6-4-14(2)5-7-15/h4-7,16H,3,8-13H2,1-2H3/p+2/t16-/m1/s1. The maximum atomic E-state index is 12.7. The minimum absolute atomic E-state index is 0.0154. The summed E-state index contributed by atoms with van der Waals surface area (Å²) in [6, 6.07) is 7.89. The van der Waals surface area contributed by atoms with Gasteiger partial charge in [-0.1, -0.05) is 29.8 Å². The highest BCUT2D eigenvalue weighted by Gasteiger charge is 2.46. The van der Waals surface area contributed by atoms with E-state index in [1.807, 2.05) is 31.2 Å². The first-order valence-corrected chi connectivity index (χ1v) is 8.66. The molecular formula is C18H27N3O2+2. The lowest BCUT2D eigenvalue weighted by atomic mass is 10.1. The molecule has 2 saturated heterocycles. The lowest BCUT2D eigenvalue weighted by Crippen LogP contribution is -3.29. The first-order valence-electron chi connectivity index (χ1n) is 8.66. The van der Waals surface area contributed by atoms with Gasteiger partial charge in [-0.25, -0.2) is 0 Å². The number of amides is 2. The number of carbonyl (C=O) groups excluding carboxylic acids is 2. The first-order chi connectivity index (χ1) is 11.1. The van der Waals surface area contributed by atoms with Gasteiger partial charge < -0.3 is 9.80 Å². The molecule has 0 unspecified atom stereocenters. The Balaban J connectivity index is 1.64. The maximum absolute atomic E-state index is 12.7. The van der Waals surface area contributed by atoms with Crippen molar-refractivity contribution in [2.75, 3.05) is 32.7 Å². The van der Waals surface area contributed by atoms with E-state index in [4.69, 9.17) is 0 Å². The van der Waals surface area contributed by atoms with Gasteiger partial charge in [-0.3, -0.25) is 14.5 Å². The summed E-state index contributed by atoms with van der Waals surface area (Å²) in [5.41, 5.74) is 2.21. The molecule has 0 bridgehead atoms. The van der Waals surface area contributed by atoms with E-state index in [1.165, 1.54) is 15.4 Å². The quantitative estimate of drug-likeness (QED) is 0.659. The lowest BCUT2D eigenvalue weighted by molar-refractivity contribution is -1.02. The summed E-state index contributed by atoms with van der Waals surface area (Å²) in [5, 5.41) is 0. The summed E-state index contributed by atoms with van der Waals surface area (Å²) in [6.07, 6.45) is 0.376. The molecule has 5 nitrogen and oxygen atoms in total. The highest BCUT2D eigenvalue weighted by atomic mass is 16.2. The largest absolute Gasteiger partial charge is 0.326 e. The third-order valence-electron chi connectivity index (χ3n) is 5.30. The van der Waals surface area contributed by atoms with Crippen LogP contribution in [-0.2, 0) is 16.1 Å². The van der Waals surface area contributed by atoms with Crippen molar-refractivity contribution in [1.82, 2.24) is 4.90 Å². The number of likely N-dealkylation sites (N-methyl/N-ethyl adjacent to an activating group) is 1. The molecule has 124 valence electrons. The van der Waals surface area contributed by atoms with Crippen molar-refractivity contribution in [3.05, 3.63) is 35.4 Å². The number of nitrogens with one attached hydrogen (secondary N) is 2. The van der Waals surface area contributed by atoms with Crippen LogP contribution in [-0.4, -0.2) is 55.5 Å². The molecule has 2 fully saturated rings. The molecule has 5 heteroatoms. The molecule has 2 aliphatic heterocycles. The number of likely N-dealkylation sites (tertiary alicyclic amines) is 1. The smallest absolute Gasteiger partial charge is 0.288 e. The molecule has 1 atom stereocenters. The van der Waals surface area contributed by atoms with Crippen molar-refractivity contribution >= 4 is 11.8 Å². The second kappa shape index (κ2) is 6.81. The fourth-order valence-corrected chi connectivity index (χ4v) is 3.67. The van der Waals surface area contributed by atoms with Crippen LogP contribution < -0.4 is 9.80 Å². The Labute approximate surface area is 137 Å². The Kier molecular flexibility index (Phi) is 4.78. The van der Waals surface area contributed by atoms with Crippen LogP contribution in [0.5, 0.6) is 0 Å². The van der Waals surface area contributed by atoms with Crippen molar-refractivity contribution in [3.8, 4) is 0 Å². The zero-order valence-electron chi connectivity index (χ0n) is 14.1. The van der Waals surface area contributed by atoms with E-state index in [9.17, 15) is 9.59 Å². The summed E-state index contributed by atoms with van der Waals surface area (Å²) < 4.78 is 0. The molecule has 2 amide bonds. The topological polar surface area (TPSA) is 46.3 Å². The molecule has 3 rings (SSSR count). The van der Waals surface area contributed by atoms with Gasteiger partial charge in [-0.2, -0.15) is 0 Å². The van der Waals surface area contributed by atoms with Crippen LogP contribution in [0.4, 0.5) is 0 Å². The van der Waals surface area contributed by atoms with Crippen molar-refractivity contribution in [3.63, 3.8) is 0 Å². The van der Waals surface area contributed by atoms with E-state index < -0.39 is 0 Å². The third-order valence-corrected chi connectivity index (χ3v) is 5.30. The fraction of sp³-hybridized carbons (Fsp3) is 0.556. The van der Waals surface area contributed by atoms with Crippen molar-refractivity contribution in [2.45, 2.75) is 32.9 Å². The summed E-state index contributed by atoms with van der Waals surface area (Å²) in [5.74, 6) is 0.00358. The van der Waals surface area contributed by atoms with E-state index >= 15 is 0 Å². The predicted molar refractivity (Wildman–Crippen MR) is 87.1 cm³/mol. The number of hydrogen-bond donors (Lipinski definition) is 2. The number of hydrogen-bond acceptors (Lipinski definition) is 2.